The summed E-state index contributed by atoms with van der Waals surface area (Å²) in [7, 11) is 0. The first-order valence-corrected chi connectivity index (χ1v) is 11.1. The van der Waals surface area contributed by atoms with Gasteiger partial charge in [0.1, 0.15) is 5.82 Å². The molecule has 8 heteroatoms. The quantitative estimate of drug-likeness (QED) is 0.611. The number of rotatable bonds is 6. The predicted molar refractivity (Wildman–Crippen MR) is 126 cm³/mol. The van der Waals surface area contributed by atoms with E-state index in [-0.39, 0.29) is 24.1 Å². The van der Waals surface area contributed by atoms with Crippen LogP contribution in [0.25, 0.3) is 0 Å². The van der Waals surface area contributed by atoms with Gasteiger partial charge < -0.3 is 16.0 Å². The van der Waals surface area contributed by atoms with E-state index in [0.717, 1.165) is 18.4 Å². The molecule has 1 aliphatic carbocycles. The van der Waals surface area contributed by atoms with Gasteiger partial charge in [0.15, 0.2) is 10.8 Å². The molecule has 1 saturated carbocycles. The van der Waals surface area contributed by atoms with Gasteiger partial charge in [0.2, 0.25) is 0 Å². The molecule has 0 spiro atoms. The topological polar surface area (TPSA) is 96.2 Å². The van der Waals surface area contributed by atoms with Crippen LogP contribution >= 0.6 is 12.2 Å². The van der Waals surface area contributed by atoms with E-state index in [1.807, 2.05) is 37.3 Å². The zero-order chi connectivity index (χ0) is 21.7. The Labute approximate surface area is 182 Å². The Morgan fingerprint density at radius 3 is 2.63 bits per heavy atom. The monoisotopic (exact) mass is 429 g/mol. The number of benzene rings is 1. The lowest BCUT2D eigenvalue weighted by molar-refractivity contribution is 0.309. The van der Waals surface area contributed by atoms with Gasteiger partial charge in [-0.1, -0.05) is 57.0 Å². The number of aromatic amines is 1. The maximum Gasteiger partial charge on any atom is 0.330 e. The number of nitrogens with one attached hydrogen (secondary N) is 2. The van der Waals surface area contributed by atoms with Gasteiger partial charge in [0, 0.05) is 12.6 Å². The van der Waals surface area contributed by atoms with Crippen molar-refractivity contribution in [1.82, 2.24) is 14.9 Å². The predicted octanol–water partition coefficient (Wildman–Crippen LogP) is 2.84. The van der Waals surface area contributed by atoms with E-state index in [9.17, 15) is 9.59 Å². The molecule has 1 heterocycles. The average Bonchev–Trinajstić information content (AvgIpc) is 2.72. The molecule has 0 aliphatic heterocycles. The van der Waals surface area contributed by atoms with E-state index in [0.29, 0.717) is 17.6 Å². The van der Waals surface area contributed by atoms with E-state index in [4.69, 9.17) is 18.0 Å². The first-order chi connectivity index (χ1) is 14.4. The summed E-state index contributed by atoms with van der Waals surface area (Å²) >= 11 is 5.70. The Kier molecular flexibility index (Phi) is 7.31. The van der Waals surface area contributed by atoms with Crippen molar-refractivity contribution in [2.45, 2.75) is 58.5 Å². The number of aromatic nitrogens is 2. The molecule has 3 rings (SSSR count). The minimum absolute atomic E-state index is 0.127. The lowest BCUT2D eigenvalue weighted by Gasteiger charge is -2.34. The molecule has 0 saturated heterocycles. The van der Waals surface area contributed by atoms with Crippen molar-refractivity contribution in [1.29, 1.82) is 0 Å². The standard InChI is InChI=1S/C22H31N5O2S/c1-3-13-26(22(30)24-17-12-8-7-9-15(17)2)18-19(23)27(21(29)25-20(18)28)14-16-10-5-4-6-11-16/h4-6,10-11,15,17H,3,7-9,12-14,23H2,1-2H3,(H,24,30)(H,25,28,29)/t15-,17+/m0/s1. The van der Waals surface area contributed by atoms with E-state index in [1.54, 1.807) is 4.90 Å². The highest BCUT2D eigenvalue weighted by Crippen LogP contribution is 2.25. The SMILES string of the molecule is CCCN(C(=S)N[C@@H]1CCCC[C@@H]1C)c1c(N)n(Cc2ccccc2)c(=O)[nH]c1=O. The van der Waals surface area contributed by atoms with Gasteiger partial charge in [-0.15, -0.1) is 0 Å². The van der Waals surface area contributed by atoms with Crippen LogP contribution in [-0.4, -0.2) is 27.3 Å². The highest BCUT2D eigenvalue weighted by Gasteiger charge is 2.26. The molecule has 1 aromatic heterocycles. The summed E-state index contributed by atoms with van der Waals surface area (Å²) in [5.74, 6) is 0.643. The number of hydrogen-bond acceptors (Lipinski definition) is 4. The third kappa shape index (κ3) is 4.92. The number of nitrogen functional groups attached to an aromatic ring is 1. The van der Waals surface area contributed by atoms with Gasteiger partial charge in [-0.3, -0.25) is 14.3 Å². The average molecular weight is 430 g/mol. The fourth-order valence-corrected chi connectivity index (χ4v) is 4.40. The molecule has 0 unspecified atom stereocenters. The first-order valence-electron chi connectivity index (χ1n) is 10.7. The van der Waals surface area contributed by atoms with Gasteiger partial charge in [-0.05, 0) is 43.0 Å². The van der Waals surface area contributed by atoms with Crippen LogP contribution in [0, 0.1) is 5.92 Å². The van der Waals surface area contributed by atoms with Crippen LogP contribution in [0.4, 0.5) is 11.5 Å². The van der Waals surface area contributed by atoms with E-state index >= 15 is 0 Å². The third-order valence-electron chi connectivity index (χ3n) is 5.78. The summed E-state index contributed by atoms with van der Waals surface area (Å²) in [6.07, 6.45) is 5.41. The second-order valence-corrected chi connectivity index (χ2v) is 8.42. The minimum atomic E-state index is -0.527. The molecule has 2 aromatic rings. The van der Waals surface area contributed by atoms with Crippen molar-refractivity contribution in [2.24, 2.45) is 5.92 Å². The number of nitrogens with zero attached hydrogens (tertiary/aromatic N) is 2. The number of anilines is 2. The third-order valence-corrected chi connectivity index (χ3v) is 6.12. The zero-order valence-electron chi connectivity index (χ0n) is 17.7. The van der Waals surface area contributed by atoms with Crippen molar-refractivity contribution >= 4 is 28.8 Å². The lowest BCUT2D eigenvalue weighted by Crippen LogP contribution is -2.50. The van der Waals surface area contributed by atoms with Crippen LogP contribution < -0.4 is 27.2 Å². The Morgan fingerprint density at radius 2 is 1.97 bits per heavy atom. The molecular formula is C22H31N5O2S. The molecule has 2 atom stereocenters. The van der Waals surface area contributed by atoms with Crippen LogP contribution in [0.2, 0.25) is 0 Å². The first kappa shape index (κ1) is 22.1. The zero-order valence-corrected chi connectivity index (χ0v) is 18.5. The molecule has 162 valence electrons. The summed E-state index contributed by atoms with van der Waals surface area (Å²) in [6.45, 7) is 5.05. The van der Waals surface area contributed by atoms with E-state index < -0.39 is 11.2 Å². The maximum atomic E-state index is 12.8. The minimum Gasteiger partial charge on any atom is -0.383 e. The Morgan fingerprint density at radius 1 is 1.27 bits per heavy atom. The van der Waals surface area contributed by atoms with Gasteiger partial charge >= 0.3 is 5.69 Å². The van der Waals surface area contributed by atoms with Crippen LogP contribution in [0.15, 0.2) is 39.9 Å². The van der Waals surface area contributed by atoms with E-state index in [2.05, 4.69) is 17.2 Å². The smallest absolute Gasteiger partial charge is 0.330 e. The molecule has 1 aliphatic rings. The van der Waals surface area contributed by atoms with Gasteiger partial charge in [-0.25, -0.2) is 4.79 Å². The fourth-order valence-electron chi connectivity index (χ4n) is 4.07. The maximum absolute atomic E-state index is 12.8. The van der Waals surface area contributed by atoms with Crippen LogP contribution in [-0.2, 0) is 6.54 Å². The molecule has 30 heavy (non-hydrogen) atoms. The molecule has 1 aromatic carbocycles. The number of H-pyrrole nitrogens is 1. The normalized spacial score (nSPS) is 18.7. The molecule has 1 fully saturated rings. The highest BCUT2D eigenvalue weighted by atomic mass is 32.1. The summed E-state index contributed by atoms with van der Waals surface area (Å²) in [5.41, 5.74) is 6.48. The highest BCUT2D eigenvalue weighted by molar-refractivity contribution is 7.80. The largest absolute Gasteiger partial charge is 0.383 e. The summed E-state index contributed by atoms with van der Waals surface area (Å²) in [4.78, 5) is 29.4. The van der Waals surface area contributed by atoms with Crippen molar-refractivity contribution < 1.29 is 0 Å². The molecule has 4 N–H and O–H groups in total. The molecular weight excluding hydrogens is 398 g/mol. The summed E-state index contributed by atoms with van der Waals surface area (Å²) < 4.78 is 1.39. The van der Waals surface area contributed by atoms with Gasteiger partial charge in [0.25, 0.3) is 5.56 Å². The van der Waals surface area contributed by atoms with Crippen molar-refractivity contribution in [3.05, 3.63) is 56.7 Å². The van der Waals surface area contributed by atoms with Crippen molar-refractivity contribution in [2.75, 3.05) is 17.2 Å². The van der Waals surface area contributed by atoms with Crippen LogP contribution in [0.5, 0.6) is 0 Å². The molecule has 0 bridgehead atoms. The molecule has 0 radical (unpaired) electrons. The van der Waals surface area contributed by atoms with Crippen LogP contribution in [0.3, 0.4) is 0 Å². The Balaban J connectivity index is 1.95. The van der Waals surface area contributed by atoms with E-state index in [1.165, 1.54) is 23.8 Å². The van der Waals surface area contributed by atoms with Gasteiger partial charge in [-0.2, -0.15) is 0 Å². The Bertz CT molecular complexity index is 985. The summed E-state index contributed by atoms with van der Waals surface area (Å²) in [5, 5.41) is 3.94. The lowest BCUT2D eigenvalue weighted by atomic mass is 9.86. The molecule has 0 amide bonds. The Hall–Kier alpha value is -2.61. The number of thiocarbonyl (C=S) groups is 1. The molecule has 7 nitrogen and oxygen atoms in total. The number of nitrogens with two attached hydrogens (primary N) is 1. The van der Waals surface area contributed by atoms with Crippen molar-refractivity contribution in [3.8, 4) is 0 Å². The summed E-state index contributed by atoms with van der Waals surface area (Å²) in [6, 6.07) is 9.82. The second kappa shape index (κ2) is 9.93. The van der Waals surface area contributed by atoms with Gasteiger partial charge in [0.05, 0.1) is 6.54 Å². The fraction of sp³-hybridized carbons (Fsp3) is 0.500. The van der Waals surface area contributed by atoms with Crippen LogP contribution in [0.1, 0.15) is 51.5 Å². The second-order valence-electron chi connectivity index (χ2n) is 8.03. The van der Waals surface area contributed by atoms with Crippen molar-refractivity contribution in [3.63, 3.8) is 0 Å². The number of hydrogen-bond donors (Lipinski definition) is 3.